The molecular formula is C12H15ClN2O. The lowest BCUT2D eigenvalue weighted by molar-refractivity contribution is 0.0788. The Morgan fingerprint density at radius 1 is 1.56 bits per heavy atom. The van der Waals surface area contributed by atoms with Gasteiger partial charge in [-0.1, -0.05) is 24.6 Å². The molecule has 0 spiro atoms. The van der Waals surface area contributed by atoms with Crippen molar-refractivity contribution in [1.82, 2.24) is 4.90 Å². The van der Waals surface area contributed by atoms with Crippen molar-refractivity contribution in [3.8, 4) is 0 Å². The van der Waals surface area contributed by atoms with Crippen molar-refractivity contribution < 1.29 is 4.79 Å². The van der Waals surface area contributed by atoms with Crippen molar-refractivity contribution in [2.75, 3.05) is 18.8 Å². The van der Waals surface area contributed by atoms with Gasteiger partial charge >= 0.3 is 0 Å². The summed E-state index contributed by atoms with van der Waals surface area (Å²) in [5.74, 6) is 0.561. The molecule has 1 saturated heterocycles. The number of nitrogen functional groups attached to an aromatic ring is 1. The Balaban J connectivity index is 2.24. The summed E-state index contributed by atoms with van der Waals surface area (Å²) in [6.45, 7) is 3.77. The van der Waals surface area contributed by atoms with E-state index in [1.807, 2.05) is 4.90 Å². The SMILES string of the molecule is CC1CCN(C(=O)c2cccc(N)c2Cl)C1. The van der Waals surface area contributed by atoms with Crippen LogP contribution in [0.1, 0.15) is 23.7 Å². The zero-order chi connectivity index (χ0) is 11.7. The highest BCUT2D eigenvalue weighted by molar-refractivity contribution is 6.36. The molecule has 1 unspecified atom stereocenters. The molecule has 1 aromatic rings. The number of halogens is 1. The molecule has 0 bridgehead atoms. The first-order chi connectivity index (χ1) is 7.59. The molecule has 3 nitrogen and oxygen atoms in total. The van der Waals surface area contributed by atoms with Crippen LogP contribution in [0.25, 0.3) is 0 Å². The van der Waals surface area contributed by atoms with Crippen LogP contribution in [0.5, 0.6) is 0 Å². The van der Waals surface area contributed by atoms with Crippen molar-refractivity contribution in [2.45, 2.75) is 13.3 Å². The second-order valence-corrected chi connectivity index (χ2v) is 4.73. The molecule has 1 atom stereocenters. The molecule has 1 amide bonds. The minimum atomic E-state index is -0.0124. The fraction of sp³-hybridized carbons (Fsp3) is 0.417. The number of nitrogens with zero attached hydrogens (tertiary/aromatic N) is 1. The Labute approximate surface area is 100 Å². The van der Waals surface area contributed by atoms with Crippen LogP contribution in [0.2, 0.25) is 5.02 Å². The van der Waals surface area contributed by atoms with Crippen molar-refractivity contribution in [3.63, 3.8) is 0 Å². The van der Waals surface area contributed by atoms with Gasteiger partial charge in [0, 0.05) is 13.1 Å². The summed E-state index contributed by atoms with van der Waals surface area (Å²) in [6, 6.07) is 5.18. The van der Waals surface area contributed by atoms with Gasteiger partial charge in [-0.05, 0) is 24.5 Å². The summed E-state index contributed by atoms with van der Waals surface area (Å²) >= 11 is 6.03. The Hall–Kier alpha value is -1.22. The Morgan fingerprint density at radius 2 is 2.31 bits per heavy atom. The lowest BCUT2D eigenvalue weighted by Gasteiger charge is -2.17. The first-order valence-electron chi connectivity index (χ1n) is 5.43. The highest BCUT2D eigenvalue weighted by atomic mass is 35.5. The van der Waals surface area contributed by atoms with Crippen LogP contribution in [0.4, 0.5) is 5.69 Å². The minimum Gasteiger partial charge on any atom is -0.398 e. The predicted octanol–water partition coefficient (Wildman–Crippen LogP) is 2.40. The molecule has 86 valence electrons. The van der Waals surface area contributed by atoms with Crippen LogP contribution in [0.15, 0.2) is 18.2 Å². The average Bonchev–Trinajstić information content (AvgIpc) is 2.68. The van der Waals surface area contributed by atoms with Crippen molar-refractivity contribution >= 4 is 23.2 Å². The molecule has 1 fully saturated rings. The van der Waals surface area contributed by atoms with Gasteiger partial charge in [0.15, 0.2) is 0 Å². The normalized spacial score (nSPS) is 20.1. The molecule has 1 aliphatic heterocycles. The summed E-state index contributed by atoms with van der Waals surface area (Å²) in [5, 5.41) is 0.368. The van der Waals surface area contributed by atoms with E-state index in [2.05, 4.69) is 6.92 Å². The Bertz CT molecular complexity index is 419. The molecule has 2 N–H and O–H groups in total. The highest BCUT2D eigenvalue weighted by Crippen LogP contribution is 2.26. The quantitative estimate of drug-likeness (QED) is 0.764. The fourth-order valence-corrected chi connectivity index (χ4v) is 2.21. The monoisotopic (exact) mass is 238 g/mol. The maximum atomic E-state index is 12.2. The third-order valence-electron chi connectivity index (χ3n) is 2.97. The van der Waals surface area contributed by atoms with Crippen molar-refractivity contribution in [1.29, 1.82) is 0 Å². The Morgan fingerprint density at radius 3 is 2.94 bits per heavy atom. The smallest absolute Gasteiger partial charge is 0.255 e. The van der Waals surface area contributed by atoms with Crippen LogP contribution in [-0.4, -0.2) is 23.9 Å². The van der Waals surface area contributed by atoms with E-state index in [0.717, 1.165) is 19.5 Å². The second-order valence-electron chi connectivity index (χ2n) is 4.35. The van der Waals surface area contributed by atoms with Crippen molar-refractivity contribution in [3.05, 3.63) is 28.8 Å². The molecule has 2 rings (SSSR count). The first kappa shape index (κ1) is 11.3. The van der Waals surface area contributed by atoms with Crippen LogP contribution in [0.3, 0.4) is 0 Å². The molecule has 0 saturated carbocycles. The van der Waals surface area contributed by atoms with Crippen LogP contribution < -0.4 is 5.73 Å². The van der Waals surface area contributed by atoms with Gasteiger partial charge in [-0.3, -0.25) is 4.79 Å². The van der Waals surface area contributed by atoms with Crippen LogP contribution in [-0.2, 0) is 0 Å². The van der Waals surface area contributed by atoms with E-state index in [1.54, 1.807) is 18.2 Å². The van der Waals surface area contributed by atoms with Gasteiger partial charge in [0.25, 0.3) is 5.91 Å². The molecule has 1 heterocycles. The molecule has 1 aromatic carbocycles. The van der Waals surface area contributed by atoms with Crippen LogP contribution in [0, 0.1) is 5.92 Å². The van der Waals surface area contributed by atoms with E-state index < -0.39 is 0 Å². The minimum absolute atomic E-state index is 0.0124. The van der Waals surface area contributed by atoms with Gasteiger partial charge in [-0.15, -0.1) is 0 Å². The number of likely N-dealkylation sites (tertiary alicyclic amines) is 1. The van der Waals surface area contributed by atoms with Gasteiger partial charge in [-0.2, -0.15) is 0 Å². The summed E-state index contributed by atoms with van der Waals surface area (Å²) in [7, 11) is 0. The summed E-state index contributed by atoms with van der Waals surface area (Å²) < 4.78 is 0. The zero-order valence-corrected chi connectivity index (χ0v) is 10.00. The van der Waals surface area contributed by atoms with Crippen molar-refractivity contribution in [2.24, 2.45) is 5.92 Å². The van der Waals surface area contributed by atoms with E-state index in [4.69, 9.17) is 17.3 Å². The van der Waals surface area contributed by atoms with Gasteiger partial charge in [-0.25, -0.2) is 0 Å². The lowest BCUT2D eigenvalue weighted by Crippen LogP contribution is -2.28. The van der Waals surface area contributed by atoms with E-state index in [9.17, 15) is 4.79 Å². The second kappa shape index (κ2) is 4.34. The molecule has 4 heteroatoms. The van der Waals surface area contributed by atoms with E-state index in [-0.39, 0.29) is 5.91 Å². The predicted molar refractivity (Wildman–Crippen MR) is 65.5 cm³/mol. The number of benzene rings is 1. The average molecular weight is 239 g/mol. The standard InChI is InChI=1S/C12H15ClN2O/c1-8-5-6-15(7-8)12(16)9-3-2-4-10(14)11(9)13/h2-4,8H,5-7,14H2,1H3. The molecule has 0 aromatic heterocycles. The summed E-state index contributed by atoms with van der Waals surface area (Å²) in [5.41, 5.74) is 6.65. The van der Waals surface area contributed by atoms with E-state index in [0.29, 0.717) is 22.2 Å². The van der Waals surface area contributed by atoms with E-state index >= 15 is 0 Å². The third-order valence-corrected chi connectivity index (χ3v) is 3.39. The maximum absolute atomic E-state index is 12.2. The number of carbonyl (C=O) groups is 1. The summed E-state index contributed by atoms with van der Waals surface area (Å²) in [6.07, 6.45) is 1.06. The zero-order valence-electron chi connectivity index (χ0n) is 9.24. The summed E-state index contributed by atoms with van der Waals surface area (Å²) in [4.78, 5) is 14.0. The number of rotatable bonds is 1. The van der Waals surface area contributed by atoms with Crippen LogP contribution >= 0.6 is 11.6 Å². The topological polar surface area (TPSA) is 46.3 Å². The number of nitrogens with two attached hydrogens (primary N) is 1. The van der Waals surface area contributed by atoms with Gasteiger partial charge < -0.3 is 10.6 Å². The molecule has 16 heavy (non-hydrogen) atoms. The third kappa shape index (κ3) is 2.00. The highest BCUT2D eigenvalue weighted by Gasteiger charge is 2.25. The maximum Gasteiger partial charge on any atom is 0.255 e. The molecule has 0 aliphatic carbocycles. The van der Waals surface area contributed by atoms with Gasteiger partial charge in [0.1, 0.15) is 0 Å². The van der Waals surface area contributed by atoms with Gasteiger partial charge in [0.2, 0.25) is 0 Å². The number of hydrogen-bond donors (Lipinski definition) is 1. The fourth-order valence-electron chi connectivity index (χ4n) is 2.00. The number of carbonyl (C=O) groups excluding carboxylic acids is 1. The largest absolute Gasteiger partial charge is 0.398 e. The van der Waals surface area contributed by atoms with E-state index in [1.165, 1.54) is 0 Å². The number of hydrogen-bond acceptors (Lipinski definition) is 2. The lowest BCUT2D eigenvalue weighted by atomic mass is 10.1. The Kier molecular flexibility index (Phi) is 3.06. The number of amides is 1. The van der Waals surface area contributed by atoms with Gasteiger partial charge in [0.05, 0.1) is 16.3 Å². The number of anilines is 1. The first-order valence-corrected chi connectivity index (χ1v) is 5.80. The molecule has 0 radical (unpaired) electrons. The molecular weight excluding hydrogens is 224 g/mol. The molecule has 1 aliphatic rings.